The van der Waals surface area contributed by atoms with Crippen molar-refractivity contribution in [2.24, 2.45) is 0 Å². The Balaban J connectivity index is 2.16. The first-order chi connectivity index (χ1) is 10.2. The van der Waals surface area contributed by atoms with Crippen molar-refractivity contribution in [1.29, 1.82) is 0 Å². The van der Waals surface area contributed by atoms with E-state index in [2.05, 4.69) is 36.5 Å². The van der Waals surface area contributed by atoms with Gasteiger partial charge in [0, 0.05) is 6.04 Å². The summed E-state index contributed by atoms with van der Waals surface area (Å²) in [6, 6.07) is 13.9. The highest BCUT2D eigenvalue weighted by Gasteiger charge is 2.12. The molecule has 2 aromatic carbocycles. The fourth-order valence-corrected chi connectivity index (χ4v) is 2.44. The second-order valence-electron chi connectivity index (χ2n) is 5.11. The maximum atomic E-state index is 13.8. The molecule has 1 N–H and O–H groups in total. The highest BCUT2D eigenvalue weighted by atomic mass is 19.1. The van der Waals surface area contributed by atoms with Crippen LogP contribution >= 0.6 is 0 Å². The van der Waals surface area contributed by atoms with Gasteiger partial charge in [-0.25, -0.2) is 4.39 Å². The maximum absolute atomic E-state index is 13.8. The summed E-state index contributed by atoms with van der Waals surface area (Å²) in [7, 11) is 3.40. The van der Waals surface area contributed by atoms with Crippen LogP contribution in [0.4, 0.5) is 4.39 Å². The van der Waals surface area contributed by atoms with E-state index in [0.717, 1.165) is 18.4 Å². The quantitative estimate of drug-likeness (QED) is 0.870. The van der Waals surface area contributed by atoms with Gasteiger partial charge in [-0.2, -0.15) is 0 Å². The third kappa shape index (κ3) is 3.82. The van der Waals surface area contributed by atoms with Crippen LogP contribution in [0.5, 0.6) is 5.75 Å². The van der Waals surface area contributed by atoms with Crippen LogP contribution in [0.25, 0.3) is 0 Å². The van der Waals surface area contributed by atoms with E-state index >= 15 is 0 Å². The van der Waals surface area contributed by atoms with Crippen LogP contribution in [-0.4, -0.2) is 14.2 Å². The Morgan fingerprint density at radius 1 is 1.10 bits per heavy atom. The molecule has 3 heteroatoms. The Morgan fingerprint density at radius 3 is 2.29 bits per heavy atom. The lowest BCUT2D eigenvalue weighted by molar-refractivity contribution is 0.386. The molecule has 0 aliphatic heterocycles. The molecule has 1 unspecified atom stereocenters. The summed E-state index contributed by atoms with van der Waals surface area (Å²) in [4.78, 5) is 0. The average Bonchev–Trinajstić information content (AvgIpc) is 2.53. The molecule has 0 aliphatic carbocycles. The number of ether oxygens (including phenoxy) is 1. The van der Waals surface area contributed by atoms with E-state index in [4.69, 9.17) is 4.74 Å². The number of halogens is 1. The van der Waals surface area contributed by atoms with E-state index in [-0.39, 0.29) is 17.6 Å². The number of hydrogen-bond acceptors (Lipinski definition) is 2. The van der Waals surface area contributed by atoms with Crippen molar-refractivity contribution in [3.8, 4) is 5.75 Å². The molecule has 112 valence electrons. The smallest absolute Gasteiger partial charge is 0.165 e. The fraction of sp³-hybridized carbons (Fsp3) is 0.333. The van der Waals surface area contributed by atoms with Crippen molar-refractivity contribution < 1.29 is 9.13 Å². The predicted molar refractivity (Wildman–Crippen MR) is 84.3 cm³/mol. The fourth-order valence-electron chi connectivity index (χ4n) is 2.44. The zero-order chi connectivity index (χ0) is 15.2. The molecule has 0 bridgehead atoms. The Labute approximate surface area is 126 Å². The molecule has 0 aliphatic rings. The predicted octanol–water partition coefficient (Wildman–Crippen LogP) is 3.90. The highest BCUT2D eigenvalue weighted by Crippen LogP contribution is 2.23. The van der Waals surface area contributed by atoms with Gasteiger partial charge in [0.1, 0.15) is 0 Å². The van der Waals surface area contributed by atoms with Crippen molar-refractivity contribution >= 4 is 0 Å². The van der Waals surface area contributed by atoms with Crippen LogP contribution in [0, 0.1) is 5.82 Å². The second-order valence-corrected chi connectivity index (χ2v) is 5.11. The van der Waals surface area contributed by atoms with Gasteiger partial charge in [-0.3, -0.25) is 0 Å². The van der Waals surface area contributed by atoms with Gasteiger partial charge in [0.25, 0.3) is 0 Å². The number of benzene rings is 2. The Hall–Kier alpha value is -1.87. The molecule has 0 aromatic heterocycles. The number of hydrogen-bond donors (Lipinski definition) is 1. The molecule has 0 saturated carbocycles. The third-order valence-electron chi connectivity index (χ3n) is 3.79. The Kier molecular flexibility index (Phi) is 5.34. The molecule has 0 amide bonds. The summed E-state index contributed by atoms with van der Waals surface area (Å²) in [6.45, 7) is 2.14. The lowest BCUT2D eigenvalue weighted by Gasteiger charge is -2.17. The topological polar surface area (TPSA) is 21.3 Å². The standard InChI is InChI=1S/C18H22FNO/c1-4-13-5-8-15(9-6-13)17(20-2)12-14-7-10-18(21-3)16(19)11-14/h5-11,17,20H,4,12H2,1-3H3. The third-order valence-corrected chi connectivity index (χ3v) is 3.79. The first kappa shape index (κ1) is 15.5. The minimum Gasteiger partial charge on any atom is -0.494 e. The number of rotatable bonds is 6. The molecule has 0 heterocycles. The normalized spacial score (nSPS) is 12.2. The molecule has 0 fully saturated rings. The zero-order valence-corrected chi connectivity index (χ0v) is 12.8. The van der Waals surface area contributed by atoms with Crippen molar-refractivity contribution in [2.45, 2.75) is 25.8 Å². The van der Waals surface area contributed by atoms with Crippen LogP contribution in [-0.2, 0) is 12.8 Å². The Bertz CT molecular complexity index is 580. The number of aryl methyl sites for hydroxylation is 1. The van der Waals surface area contributed by atoms with Crippen molar-refractivity contribution in [3.63, 3.8) is 0 Å². The SMILES string of the molecule is CCc1ccc(C(Cc2ccc(OC)c(F)c2)NC)cc1. The lowest BCUT2D eigenvalue weighted by atomic mass is 9.97. The van der Waals surface area contributed by atoms with Crippen LogP contribution in [0.3, 0.4) is 0 Å². The Morgan fingerprint density at radius 2 is 1.76 bits per heavy atom. The van der Waals surface area contributed by atoms with E-state index in [1.165, 1.54) is 18.2 Å². The van der Waals surface area contributed by atoms with Gasteiger partial charge in [-0.15, -0.1) is 0 Å². The van der Waals surface area contributed by atoms with E-state index in [9.17, 15) is 4.39 Å². The number of nitrogens with one attached hydrogen (secondary N) is 1. The van der Waals surface area contributed by atoms with E-state index in [1.807, 2.05) is 13.1 Å². The summed E-state index contributed by atoms with van der Waals surface area (Å²) >= 11 is 0. The maximum Gasteiger partial charge on any atom is 0.165 e. The summed E-state index contributed by atoms with van der Waals surface area (Å²) in [5.41, 5.74) is 3.49. The molecule has 2 rings (SSSR count). The van der Waals surface area contributed by atoms with Crippen LogP contribution in [0.2, 0.25) is 0 Å². The van der Waals surface area contributed by atoms with E-state index < -0.39 is 0 Å². The van der Waals surface area contributed by atoms with Crippen LogP contribution in [0.1, 0.15) is 29.7 Å². The van der Waals surface area contributed by atoms with Gasteiger partial charge in [-0.1, -0.05) is 37.3 Å². The monoisotopic (exact) mass is 287 g/mol. The highest BCUT2D eigenvalue weighted by molar-refractivity contribution is 5.32. The number of likely N-dealkylation sites (N-methyl/N-ethyl adjacent to an activating group) is 1. The largest absolute Gasteiger partial charge is 0.494 e. The minimum absolute atomic E-state index is 0.170. The minimum atomic E-state index is -0.314. The van der Waals surface area contributed by atoms with Gasteiger partial charge in [-0.05, 0) is 48.7 Å². The van der Waals surface area contributed by atoms with Gasteiger partial charge >= 0.3 is 0 Å². The van der Waals surface area contributed by atoms with E-state index in [1.54, 1.807) is 12.1 Å². The lowest BCUT2D eigenvalue weighted by Crippen LogP contribution is -2.18. The van der Waals surface area contributed by atoms with Gasteiger partial charge in [0.15, 0.2) is 11.6 Å². The van der Waals surface area contributed by atoms with Crippen LogP contribution < -0.4 is 10.1 Å². The zero-order valence-electron chi connectivity index (χ0n) is 12.8. The molecule has 1 atom stereocenters. The van der Waals surface area contributed by atoms with Gasteiger partial charge in [0.05, 0.1) is 7.11 Å². The molecule has 0 radical (unpaired) electrons. The summed E-state index contributed by atoms with van der Waals surface area (Å²) in [6.07, 6.45) is 1.77. The molecular formula is C18H22FNO. The van der Waals surface area contributed by atoms with Gasteiger partial charge in [0.2, 0.25) is 0 Å². The molecule has 2 nitrogen and oxygen atoms in total. The summed E-state index contributed by atoms with van der Waals surface area (Å²) in [5.74, 6) is -0.0294. The van der Waals surface area contributed by atoms with Crippen molar-refractivity contribution in [1.82, 2.24) is 5.32 Å². The molecule has 0 spiro atoms. The molecular weight excluding hydrogens is 265 g/mol. The molecule has 21 heavy (non-hydrogen) atoms. The summed E-state index contributed by atoms with van der Waals surface area (Å²) < 4.78 is 18.7. The second kappa shape index (κ2) is 7.23. The van der Waals surface area contributed by atoms with Crippen molar-refractivity contribution in [2.75, 3.05) is 14.2 Å². The number of methoxy groups -OCH3 is 1. The average molecular weight is 287 g/mol. The summed E-state index contributed by atoms with van der Waals surface area (Å²) in [5, 5.41) is 3.30. The van der Waals surface area contributed by atoms with Gasteiger partial charge < -0.3 is 10.1 Å². The molecule has 0 saturated heterocycles. The van der Waals surface area contributed by atoms with Crippen LogP contribution in [0.15, 0.2) is 42.5 Å². The van der Waals surface area contributed by atoms with E-state index in [0.29, 0.717) is 0 Å². The molecule has 2 aromatic rings. The van der Waals surface area contributed by atoms with Crippen molar-refractivity contribution in [3.05, 3.63) is 65.0 Å². The first-order valence-corrected chi connectivity index (χ1v) is 7.26. The first-order valence-electron chi connectivity index (χ1n) is 7.26.